The van der Waals surface area contributed by atoms with Crippen molar-refractivity contribution in [3.63, 3.8) is 0 Å². The Kier molecular flexibility index (Phi) is 3.34. The highest BCUT2D eigenvalue weighted by molar-refractivity contribution is 6.31. The van der Waals surface area contributed by atoms with Gasteiger partial charge < -0.3 is 0 Å². The highest BCUT2D eigenvalue weighted by Gasteiger charge is 2.36. The molecule has 1 saturated carbocycles. The molecule has 1 aliphatic rings. The monoisotopic (exact) mass is 236 g/mol. The molecule has 0 unspecified atom stereocenters. The lowest BCUT2D eigenvalue weighted by atomic mass is 9.67. The van der Waals surface area contributed by atoms with Crippen molar-refractivity contribution in [2.75, 3.05) is 0 Å². The first-order valence-electron chi connectivity index (χ1n) is 5.87. The Morgan fingerprint density at radius 3 is 2.62 bits per heavy atom. The maximum absolute atomic E-state index is 12.1. The first-order chi connectivity index (χ1) is 7.58. The summed E-state index contributed by atoms with van der Waals surface area (Å²) in [4.78, 5) is 12.1. The molecule has 2 rings (SSSR count). The summed E-state index contributed by atoms with van der Waals surface area (Å²) >= 11 is 5.88. The third-order valence-corrected chi connectivity index (χ3v) is 3.83. The van der Waals surface area contributed by atoms with Crippen LogP contribution < -0.4 is 0 Å². The van der Waals surface area contributed by atoms with Gasteiger partial charge in [0.1, 0.15) is 0 Å². The van der Waals surface area contributed by atoms with Crippen LogP contribution >= 0.6 is 11.6 Å². The molecule has 16 heavy (non-hydrogen) atoms. The molecule has 0 aromatic heterocycles. The zero-order valence-electron chi connectivity index (χ0n) is 9.74. The van der Waals surface area contributed by atoms with Gasteiger partial charge in [0.2, 0.25) is 0 Å². The maximum atomic E-state index is 12.1. The van der Waals surface area contributed by atoms with Crippen molar-refractivity contribution in [2.45, 2.75) is 26.7 Å². The second kappa shape index (κ2) is 4.58. The number of ketones is 1. The van der Waals surface area contributed by atoms with Crippen molar-refractivity contribution in [3.05, 3.63) is 34.9 Å². The number of hydrogen-bond donors (Lipinski definition) is 0. The first kappa shape index (κ1) is 11.7. The van der Waals surface area contributed by atoms with Crippen LogP contribution in [0.3, 0.4) is 0 Å². The van der Waals surface area contributed by atoms with E-state index in [4.69, 9.17) is 11.6 Å². The predicted molar refractivity (Wildman–Crippen MR) is 66.8 cm³/mol. The molecule has 1 aromatic carbocycles. The second-order valence-corrected chi connectivity index (χ2v) is 5.48. The maximum Gasteiger partial charge on any atom is 0.166 e. The molecular formula is C14H17ClO. The lowest BCUT2D eigenvalue weighted by Gasteiger charge is -2.37. The Morgan fingerprint density at radius 2 is 2.06 bits per heavy atom. The minimum absolute atomic E-state index is 0.228. The van der Waals surface area contributed by atoms with Gasteiger partial charge in [-0.25, -0.2) is 0 Å². The van der Waals surface area contributed by atoms with Crippen LogP contribution in [0.5, 0.6) is 0 Å². The number of Topliss-reactive ketones (excluding diaryl/α,β-unsaturated/α-hetero) is 1. The van der Waals surface area contributed by atoms with E-state index in [1.807, 2.05) is 12.1 Å². The molecule has 2 heteroatoms. The number of carbonyl (C=O) groups is 1. The molecular weight excluding hydrogens is 220 g/mol. The molecule has 1 aliphatic carbocycles. The molecule has 1 aromatic rings. The number of carbonyl (C=O) groups excluding carboxylic acids is 1. The Labute approximate surface area is 102 Å². The average molecular weight is 237 g/mol. The number of rotatable bonds is 3. The van der Waals surface area contributed by atoms with Crippen LogP contribution in [0, 0.1) is 17.8 Å². The average Bonchev–Trinajstić information content (AvgIpc) is 2.14. The molecule has 1 fully saturated rings. The van der Waals surface area contributed by atoms with Crippen LogP contribution in [0.1, 0.15) is 37.0 Å². The van der Waals surface area contributed by atoms with Crippen molar-refractivity contribution >= 4 is 17.4 Å². The number of hydrogen-bond acceptors (Lipinski definition) is 1. The van der Waals surface area contributed by atoms with Gasteiger partial charge in [-0.15, -0.1) is 0 Å². The summed E-state index contributed by atoms with van der Waals surface area (Å²) in [5.74, 6) is 1.92. The summed E-state index contributed by atoms with van der Waals surface area (Å²) in [6.07, 6.45) is 2.09. The van der Waals surface area contributed by atoms with Crippen LogP contribution in [0.2, 0.25) is 5.02 Å². The largest absolute Gasteiger partial charge is 0.294 e. The zero-order chi connectivity index (χ0) is 11.7. The van der Waals surface area contributed by atoms with Gasteiger partial charge >= 0.3 is 0 Å². The molecule has 0 heterocycles. The highest BCUT2D eigenvalue weighted by Crippen LogP contribution is 2.40. The van der Waals surface area contributed by atoms with Gasteiger partial charge in [-0.2, -0.15) is 0 Å². The van der Waals surface area contributed by atoms with Crippen LogP contribution in [-0.4, -0.2) is 5.78 Å². The molecule has 0 N–H and O–H groups in total. The molecule has 0 bridgehead atoms. The van der Waals surface area contributed by atoms with Crippen molar-refractivity contribution in [2.24, 2.45) is 17.8 Å². The van der Waals surface area contributed by atoms with Gasteiger partial charge in [0.05, 0.1) is 0 Å². The van der Waals surface area contributed by atoms with Crippen molar-refractivity contribution in [1.29, 1.82) is 0 Å². The van der Waals surface area contributed by atoms with Crippen LogP contribution in [-0.2, 0) is 0 Å². The molecule has 0 amide bonds. The van der Waals surface area contributed by atoms with E-state index in [0.29, 0.717) is 10.9 Å². The molecule has 0 spiro atoms. The minimum atomic E-state index is 0.228. The summed E-state index contributed by atoms with van der Waals surface area (Å²) in [6, 6.07) is 7.27. The van der Waals surface area contributed by atoms with E-state index in [9.17, 15) is 4.79 Å². The summed E-state index contributed by atoms with van der Waals surface area (Å²) < 4.78 is 0. The van der Waals surface area contributed by atoms with Crippen molar-refractivity contribution in [1.82, 2.24) is 0 Å². The fraction of sp³-hybridized carbons (Fsp3) is 0.500. The van der Waals surface area contributed by atoms with E-state index in [-0.39, 0.29) is 11.7 Å². The lowest BCUT2D eigenvalue weighted by Crippen LogP contribution is -2.33. The summed E-state index contributed by atoms with van der Waals surface area (Å²) in [5, 5.41) is 0.644. The third-order valence-electron chi connectivity index (χ3n) is 3.60. The highest BCUT2D eigenvalue weighted by atomic mass is 35.5. The molecule has 1 nitrogen and oxygen atoms in total. The summed E-state index contributed by atoms with van der Waals surface area (Å²) in [7, 11) is 0. The van der Waals surface area contributed by atoms with Crippen LogP contribution in [0.15, 0.2) is 24.3 Å². The molecule has 86 valence electrons. The van der Waals surface area contributed by atoms with E-state index in [1.54, 1.807) is 12.1 Å². The van der Waals surface area contributed by atoms with E-state index < -0.39 is 0 Å². The smallest absolute Gasteiger partial charge is 0.166 e. The van der Waals surface area contributed by atoms with Crippen LogP contribution in [0.4, 0.5) is 0 Å². The lowest BCUT2D eigenvalue weighted by molar-refractivity contribution is 0.0714. The zero-order valence-corrected chi connectivity index (χ0v) is 10.5. The number of halogens is 1. The minimum Gasteiger partial charge on any atom is -0.294 e. The van der Waals surface area contributed by atoms with Crippen molar-refractivity contribution in [3.8, 4) is 0 Å². The first-order valence-corrected chi connectivity index (χ1v) is 6.25. The van der Waals surface area contributed by atoms with E-state index in [0.717, 1.165) is 24.3 Å². The van der Waals surface area contributed by atoms with Crippen LogP contribution in [0.25, 0.3) is 0 Å². The Balaban J connectivity index is 2.00. The summed E-state index contributed by atoms with van der Waals surface area (Å²) in [5.41, 5.74) is 0.764. The summed E-state index contributed by atoms with van der Waals surface area (Å²) in [6.45, 7) is 4.45. The standard InChI is InChI=1S/C14H17ClO/c1-9(2)11-6-12(7-11)14(16)10-4-3-5-13(15)8-10/h3-5,8-9,11-12H,6-7H2,1-2H3. The van der Waals surface area contributed by atoms with Gasteiger partial charge in [0, 0.05) is 16.5 Å². The van der Waals surface area contributed by atoms with E-state index >= 15 is 0 Å². The van der Waals surface area contributed by atoms with Gasteiger partial charge in [0.15, 0.2) is 5.78 Å². The third kappa shape index (κ3) is 2.30. The Bertz CT molecular complexity index is 391. The van der Waals surface area contributed by atoms with E-state index in [2.05, 4.69) is 13.8 Å². The molecule has 0 radical (unpaired) electrons. The van der Waals surface area contributed by atoms with Gasteiger partial charge in [0.25, 0.3) is 0 Å². The molecule has 0 aliphatic heterocycles. The number of benzene rings is 1. The second-order valence-electron chi connectivity index (χ2n) is 5.05. The van der Waals surface area contributed by atoms with E-state index in [1.165, 1.54) is 0 Å². The van der Waals surface area contributed by atoms with Gasteiger partial charge in [-0.05, 0) is 36.8 Å². The predicted octanol–water partition coefficient (Wildman–Crippen LogP) is 4.20. The Morgan fingerprint density at radius 1 is 1.38 bits per heavy atom. The SMILES string of the molecule is CC(C)C1CC(C(=O)c2cccc(Cl)c2)C1. The quantitative estimate of drug-likeness (QED) is 0.719. The van der Waals surface area contributed by atoms with Gasteiger partial charge in [-0.3, -0.25) is 4.79 Å². The topological polar surface area (TPSA) is 17.1 Å². The molecule has 0 saturated heterocycles. The fourth-order valence-corrected chi connectivity index (χ4v) is 2.49. The van der Waals surface area contributed by atoms with Crippen molar-refractivity contribution < 1.29 is 4.79 Å². The van der Waals surface area contributed by atoms with Gasteiger partial charge in [-0.1, -0.05) is 37.6 Å². The molecule has 0 atom stereocenters. The normalized spacial score (nSPS) is 24.2. The fourth-order valence-electron chi connectivity index (χ4n) is 2.30. The Hall–Kier alpha value is -0.820.